The number of amides is 1. The SMILES string of the molecule is CCNC(=O)c1cc2c(C(=NOCCN3CCCC3)c3ccc4c(c3)OCO4)nc(N)nc2s1. The molecule has 1 fully saturated rings. The van der Waals surface area contributed by atoms with Gasteiger partial charge in [0, 0.05) is 24.0 Å². The monoisotopic (exact) mass is 482 g/mol. The first-order valence-electron chi connectivity index (χ1n) is 11.3. The molecule has 0 aliphatic carbocycles. The smallest absolute Gasteiger partial charge is 0.261 e. The van der Waals surface area contributed by atoms with Crippen LogP contribution in [-0.4, -0.2) is 66.1 Å². The van der Waals surface area contributed by atoms with E-state index in [1.54, 1.807) is 6.07 Å². The summed E-state index contributed by atoms with van der Waals surface area (Å²) < 4.78 is 11.0. The lowest BCUT2D eigenvalue weighted by Crippen LogP contribution is -2.23. The maximum Gasteiger partial charge on any atom is 0.261 e. The van der Waals surface area contributed by atoms with Gasteiger partial charge < -0.3 is 25.4 Å². The Balaban J connectivity index is 1.53. The molecule has 2 aliphatic heterocycles. The van der Waals surface area contributed by atoms with E-state index >= 15 is 0 Å². The third kappa shape index (κ3) is 4.62. The first-order chi connectivity index (χ1) is 16.6. The van der Waals surface area contributed by atoms with Crippen LogP contribution in [0.2, 0.25) is 0 Å². The molecule has 0 bridgehead atoms. The number of benzene rings is 1. The van der Waals surface area contributed by atoms with Crippen molar-refractivity contribution < 1.29 is 19.1 Å². The topological polar surface area (TPSA) is 124 Å². The van der Waals surface area contributed by atoms with Crippen LogP contribution in [0.3, 0.4) is 0 Å². The Morgan fingerprint density at radius 3 is 2.88 bits per heavy atom. The van der Waals surface area contributed by atoms with Crippen molar-refractivity contribution >= 4 is 39.1 Å². The van der Waals surface area contributed by atoms with E-state index in [0.29, 0.717) is 51.2 Å². The summed E-state index contributed by atoms with van der Waals surface area (Å²) in [6.07, 6.45) is 2.44. The molecular weight excluding hydrogens is 456 g/mol. The van der Waals surface area contributed by atoms with E-state index in [-0.39, 0.29) is 18.6 Å². The Hall–Kier alpha value is -3.44. The average molecular weight is 483 g/mol. The summed E-state index contributed by atoms with van der Waals surface area (Å²) in [6.45, 7) is 6.00. The van der Waals surface area contributed by atoms with Crippen LogP contribution in [0.5, 0.6) is 11.5 Å². The number of ether oxygens (including phenoxy) is 2. The minimum absolute atomic E-state index is 0.0947. The number of carbonyl (C=O) groups is 1. The number of rotatable bonds is 8. The summed E-state index contributed by atoms with van der Waals surface area (Å²) in [6, 6.07) is 7.31. The molecule has 5 rings (SSSR count). The highest BCUT2D eigenvalue weighted by Crippen LogP contribution is 2.34. The number of oxime groups is 1. The summed E-state index contributed by atoms with van der Waals surface area (Å²) in [5.74, 6) is 1.21. The van der Waals surface area contributed by atoms with E-state index in [9.17, 15) is 4.79 Å². The lowest BCUT2D eigenvalue weighted by molar-refractivity contribution is 0.0960. The number of nitrogens with one attached hydrogen (secondary N) is 1. The van der Waals surface area contributed by atoms with Crippen molar-refractivity contribution in [1.82, 2.24) is 20.2 Å². The molecule has 0 spiro atoms. The average Bonchev–Trinajstić information content (AvgIpc) is 3.59. The van der Waals surface area contributed by atoms with Crippen molar-refractivity contribution in [3.8, 4) is 11.5 Å². The summed E-state index contributed by atoms with van der Waals surface area (Å²) in [5.41, 5.74) is 7.76. The van der Waals surface area contributed by atoms with Crippen LogP contribution in [0.1, 0.15) is 40.7 Å². The predicted molar refractivity (Wildman–Crippen MR) is 130 cm³/mol. The van der Waals surface area contributed by atoms with Gasteiger partial charge in [-0.15, -0.1) is 11.3 Å². The van der Waals surface area contributed by atoms with Gasteiger partial charge in [0.25, 0.3) is 5.91 Å². The van der Waals surface area contributed by atoms with Crippen LogP contribution in [0.25, 0.3) is 10.2 Å². The minimum Gasteiger partial charge on any atom is -0.454 e. The maximum atomic E-state index is 12.4. The number of nitrogen functional groups attached to an aromatic ring is 1. The van der Waals surface area contributed by atoms with Gasteiger partial charge in [-0.3, -0.25) is 9.69 Å². The van der Waals surface area contributed by atoms with Gasteiger partial charge in [0.1, 0.15) is 22.8 Å². The van der Waals surface area contributed by atoms with Crippen molar-refractivity contribution in [2.45, 2.75) is 19.8 Å². The van der Waals surface area contributed by atoms with E-state index in [1.165, 1.54) is 24.2 Å². The molecule has 4 heterocycles. The Morgan fingerprint density at radius 1 is 1.24 bits per heavy atom. The largest absolute Gasteiger partial charge is 0.454 e. The van der Waals surface area contributed by atoms with Crippen LogP contribution in [-0.2, 0) is 4.84 Å². The number of hydrogen-bond acceptors (Lipinski definition) is 10. The maximum absolute atomic E-state index is 12.4. The normalized spacial score (nSPS) is 15.7. The summed E-state index contributed by atoms with van der Waals surface area (Å²) in [7, 11) is 0. The molecular formula is C23H26N6O4S. The Morgan fingerprint density at radius 2 is 2.06 bits per heavy atom. The van der Waals surface area contributed by atoms with Gasteiger partial charge in [-0.2, -0.15) is 0 Å². The van der Waals surface area contributed by atoms with E-state index in [0.717, 1.165) is 25.2 Å². The molecule has 3 aromatic rings. The number of fused-ring (bicyclic) bond motifs is 2. The molecule has 0 radical (unpaired) electrons. The first-order valence-corrected chi connectivity index (χ1v) is 12.1. The van der Waals surface area contributed by atoms with E-state index < -0.39 is 0 Å². The molecule has 1 amide bonds. The number of nitrogens with zero attached hydrogens (tertiary/aromatic N) is 4. The molecule has 11 heteroatoms. The molecule has 0 unspecified atom stereocenters. The fourth-order valence-corrected chi connectivity index (χ4v) is 5.00. The Kier molecular flexibility index (Phi) is 6.45. The molecule has 0 atom stereocenters. The molecule has 1 saturated heterocycles. The van der Waals surface area contributed by atoms with Crippen molar-refractivity contribution in [3.63, 3.8) is 0 Å². The van der Waals surface area contributed by atoms with Gasteiger partial charge in [-0.25, -0.2) is 9.97 Å². The van der Waals surface area contributed by atoms with Crippen molar-refractivity contribution in [2.75, 3.05) is 45.3 Å². The van der Waals surface area contributed by atoms with Gasteiger partial charge in [-0.1, -0.05) is 5.16 Å². The standard InChI is InChI=1S/C23H26N6O4S/c1-2-25-21(30)18-12-15-20(26-23(24)27-22(15)34-18)19(28-33-10-9-29-7-3-4-8-29)14-5-6-16-17(11-14)32-13-31-16/h5-6,11-12H,2-4,7-10,13H2,1H3,(H,25,30)(H2,24,26,27). The fourth-order valence-electron chi connectivity index (χ4n) is 4.04. The lowest BCUT2D eigenvalue weighted by Gasteiger charge is -2.14. The summed E-state index contributed by atoms with van der Waals surface area (Å²) in [4.78, 5) is 30.5. The summed E-state index contributed by atoms with van der Waals surface area (Å²) >= 11 is 1.26. The molecule has 2 aliphatic rings. The number of hydrogen-bond donors (Lipinski definition) is 2. The highest BCUT2D eigenvalue weighted by molar-refractivity contribution is 7.20. The zero-order valence-corrected chi connectivity index (χ0v) is 19.7. The van der Waals surface area contributed by atoms with Gasteiger partial charge in [0.05, 0.1) is 4.88 Å². The third-order valence-electron chi connectivity index (χ3n) is 5.69. The molecule has 3 N–H and O–H groups in total. The van der Waals surface area contributed by atoms with E-state index in [1.807, 2.05) is 25.1 Å². The van der Waals surface area contributed by atoms with E-state index in [4.69, 9.17) is 20.0 Å². The van der Waals surface area contributed by atoms with Gasteiger partial charge >= 0.3 is 0 Å². The number of likely N-dealkylation sites (tertiary alicyclic amines) is 1. The molecule has 178 valence electrons. The third-order valence-corrected chi connectivity index (χ3v) is 6.72. The highest BCUT2D eigenvalue weighted by Gasteiger charge is 2.22. The van der Waals surface area contributed by atoms with Crippen LogP contribution in [0.15, 0.2) is 29.4 Å². The molecule has 1 aromatic carbocycles. The van der Waals surface area contributed by atoms with Crippen LogP contribution >= 0.6 is 11.3 Å². The first kappa shape index (κ1) is 22.4. The number of nitrogens with two attached hydrogens (primary N) is 1. The quantitative estimate of drug-likeness (QED) is 0.285. The number of thiophene rings is 1. The second-order valence-electron chi connectivity index (χ2n) is 8.01. The van der Waals surface area contributed by atoms with Gasteiger partial charge in [0.2, 0.25) is 12.7 Å². The van der Waals surface area contributed by atoms with Crippen LogP contribution < -0.4 is 20.5 Å². The summed E-state index contributed by atoms with van der Waals surface area (Å²) in [5, 5.41) is 7.98. The lowest BCUT2D eigenvalue weighted by atomic mass is 10.0. The second-order valence-corrected chi connectivity index (χ2v) is 9.04. The Bertz CT molecular complexity index is 1240. The Labute approximate surface area is 200 Å². The molecule has 2 aromatic heterocycles. The predicted octanol–water partition coefficient (Wildman–Crippen LogP) is 2.62. The highest BCUT2D eigenvalue weighted by atomic mass is 32.1. The zero-order chi connectivity index (χ0) is 23.5. The van der Waals surface area contributed by atoms with Crippen molar-refractivity contribution in [1.29, 1.82) is 0 Å². The van der Waals surface area contributed by atoms with Crippen molar-refractivity contribution in [3.05, 3.63) is 40.4 Å². The second kappa shape index (κ2) is 9.82. The minimum atomic E-state index is -0.168. The molecule has 34 heavy (non-hydrogen) atoms. The zero-order valence-electron chi connectivity index (χ0n) is 18.9. The van der Waals surface area contributed by atoms with E-state index in [2.05, 4.69) is 25.3 Å². The molecule has 0 saturated carbocycles. The van der Waals surface area contributed by atoms with Crippen LogP contribution in [0.4, 0.5) is 5.95 Å². The number of carbonyl (C=O) groups excluding carboxylic acids is 1. The number of aromatic nitrogens is 2. The van der Waals surface area contributed by atoms with Crippen molar-refractivity contribution in [2.24, 2.45) is 5.16 Å². The van der Waals surface area contributed by atoms with Gasteiger partial charge in [-0.05, 0) is 57.1 Å². The number of anilines is 1. The fraction of sp³-hybridized carbons (Fsp3) is 0.391. The van der Waals surface area contributed by atoms with Crippen LogP contribution in [0, 0.1) is 0 Å². The van der Waals surface area contributed by atoms with Gasteiger partial charge in [0.15, 0.2) is 11.5 Å². The molecule has 10 nitrogen and oxygen atoms in total.